The molecule has 0 aromatic carbocycles. The van der Waals surface area contributed by atoms with Gasteiger partial charge >= 0.3 is 0 Å². The van der Waals surface area contributed by atoms with Crippen molar-refractivity contribution in [3.8, 4) is 0 Å². The number of thiazole rings is 1. The third-order valence-electron chi connectivity index (χ3n) is 2.49. The summed E-state index contributed by atoms with van der Waals surface area (Å²) >= 11 is 3.38. The highest BCUT2D eigenvalue weighted by Crippen LogP contribution is 2.15. The zero-order valence-electron chi connectivity index (χ0n) is 11.7. The van der Waals surface area contributed by atoms with Crippen LogP contribution in [0.3, 0.4) is 0 Å². The van der Waals surface area contributed by atoms with Gasteiger partial charge in [0.15, 0.2) is 0 Å². The maximum absolute atomic E-state index is 11.6. The second kappa shape index (κ2) is 8.55. The van der Waals surface area contributed by atoms with Crippen LogP contribution in [0.1, 0.15) is 37.4 Å². The average Bonchev–Trinajstić information content (AvgIpc) is 2.69. The van der Waals surface area contributed by atoms with E-state index in [4.69, 9.17) is 0 Å². The Kier molecular flexibility index (Phi) is 7.41. The van der Waals surface area contributed by atoms with E-state index in [-0.39, 0.29) is 18.1 Å². The van der Waals surface area contributed by atoms with Crippen molar-refractivity contribution >= 4 is 29.0 Å². The molecule has 19 heavy (non-hydrogen) atoms. The summed E-state index contributed by atoms with van der Waals surface area (Å²) in [5, 5.41) is 15.3. The van der Waals surface area contributed by atoms with E-state index in [1.54, 1.807) is 30.0 Å². The molecule has 0 fully saturated rings. The number of aryl methyl sites for hydroxylation is 1. The van der Waals surface area contributed by atoms with Crippen LogP contribution < -0.4 is 5.32 Å². The molecule has 1 heterocycles. The van der Waals surface area contributed by atoms with Gasteiger partial charge in [0, 0.05) is 29.3 Å². The Hall–Kier alpha value is -0.590. The first-order chi connectivity index (χ1) is 8.97. The fraction of sp³-hybridized carbons (Fsp3) is 0.692. The second-order valence-corrected chi connectivity index (χ2v) is 6.88. The van der Waals surface area contributed by atoms with E-state index in [1.807, 2.05) is 13.8 Å². The molecule has 6 heteroatoms. The van der Waals surface area contributed by atoms with Crippen molar-refractivity contribution in [1.82, 2.24) is 10.3 Å². The van der Waals surface area contributed by atoms with Crippen molar-refractivity contribution in [3.63, 3.8) is 0 Å². The van der Waals surface area contributed by atoms with Crippen LogP contribution >= 0.6 is 23.1 Å². The normalized spacial score (nSPS) is 14.1. The zero-order valence-corrected chi connectivity index (χ0v) is 13.3. The molecule has 0 aliphatic heterocycles. The van der Waals surface area contributed by atoms with Crippen LogP contribution in [0.2, 0.25) is 0 Å². The molecule has 0 saturated heterocycles. The lowest BCUT2D eigenvalue weighted by Crippen LogP contribution is -2.34. The van der Waals surface area contributed by atoms with E-state index in [1.165, 1.54) is 0 Å². The molecule has 2 unspecified atom stereocenters. The molecular formula is C13H22N2O2S2. The smallest absolute Gasteiger partial charge is 0.221 e. The summed E-state index contributed by atoms with van der Waals surface area (Å²) in [5.41, 5.74) is 1.09. The lowest BCUT2D eigenvalue weighted by Gasteiger charge is -2.15. The van der Waals surface area contributed by atoms with Crippen molar-refractivity contribution in [1.29, 1.82) is 0 Å². The standard InChI is InChI=1S/C13H22N2O2S2/c1-9(6-10(2)16)14-13(17)4-5-18-7-12-8-19-11(3)15-12/h8-10,16H,4-7H2,1-3H3,(H,14,17). The molecule has 2 atom stereocenters. The number of carbonyl (C=O) groups excluding carboxylic acids is 1. The van der Waals surface area contributed by atoms with Crippen molar-refractivity contribution in [2.75, 3.05) is 5.75 Å². The van der Waals surface area contributed by atoms with Crippen LogP contribution in [0.5, 0.6) is 0 Å². The van der Waals surface area contributed by atoms with E-state index in [0.29, 0.717) is 12.8 Å². The second-order valence-electron chi connectivity index (χ2n) is 4.71. The van der Waals surface area contributed by atoms with Gasteiger partial charge in [-0.25, -0.2) is 4.98 Å². The molecule has 108 valence electrons. The quantitative estimate of drug-likeness (QED) is 0.724. The van der Waals surface area contributed by atoms with E-state index in [0.717, 1.165) is 22.2 Å². The number of hydrogen-bond donors (Lipinski definition) is 2. The molecule has 0 aliphatic carbocycles. The van der Waals surface area contributed by atoms with Crippen molar-refractivity contribution in [3.05, 3.63) is 16.1 Å². The van der Waals surface area contributed by atoms with Crippen LogP contribution in [-0.4, -0.2) is 33.9 Å². The average molecular weight is 302 g/mol. The monoisotopic (exact) mass is 302 g/mol. The summed E-state index contributed by atoms with van der Waals surface area (Å²) in [5.74, 6) is 1.71. The van der Waals surface area contributed by atoms with Crippen molar-refractivity contribution in [2.45, 2.75) is 51.5 Å². The number of aliphatic hydroxyl groups is 1. The predicted octanol–water partition coefficient (Wildman–Crippen LogP) is 2.35. The minimum absolute atomic E-state index is 0.0266. The Labute approximate surface area is 123 Å². The fourth-order valence-electron chi connectivity index (χ4n) is 1.73. The highest BCUT2D eigenvalue weighted by molar-refractivity contribution is 7.98. The molecule has 0 aliphatic rings. The lowest BCUT2D eigenvalue weighted by atomic mass is 10.1. The summed E-state index contributed by atoms with van der Waals surface area (Å²) in [6, 6.07) is 0.0266. The number of nitrogens with zero attached hydrogens (tertiary/aromatic N) is 1. The van der Waals surface area contributed by atoms with E-state index < -0.39 is 0 Å². The number of aliphatic hydroxyl groups excluding tert-OH is 1. The summed E-state index contributed by atoms with van der Waals surface area (Å²) in [6.07, 6.45) is 0.729. The molecule has 0 spiro atoms. The molecule has 1 rings (SSSR count). The molecule has 2 N–H and O–H groups in total. The molecular weight excluding hydrogens is 280 g/mol. The topological polar surface area (TPSA) is 62.2 Å². The molecule has 1 amide bonds. The number of carbonyl (C=O) groups is 1. The van der Waals surface area contributed by atoms with Gasteiger partial charge in [-0.15, -0.1) is 11.3 Å². The van der Waals surface area contributed by atoms with Gasteiger partial charge in [0.05, 0.1) is 16.8 Å². The first kappa shape index (κ1) is 16.5. The van der Waals surface area contributed by atoms with Crippen LogP contribution in [0.25, 0.3) is 0 Å². The summed E-state index contributed by atoms with van der Waals surface area (Å²) < 4.78 is 0. The van der Waals surface area contributed by atoms with Gasteiger partial charge in [0.1, 0.15) is 0 Å². The third-order valence-corrected chi connectivity index (χ3v) is 4.31. The van der Waals surface area contributed by atoms with Gasteiger partial charge in [-0.1, -0.05) is 0 Å². The lowest BCUT2D eigenvalue weighted by molar-refractivity contribution is -0.121. The molecule has 1 aromatic heterocycles. The van der Waals surface area contributed by atoms with Gasteiger partial charge in [-0.3, -0.25) is 4.79 Å². The van der Waals surface area contributed by atoms with E-state index in [9.17, 15) is 9.90 Å². The van der Waals surface area contributed by atoms with E-state index >= 15 is 0 Å². The maximum atomic E-state index is 11.6. The van der Waals surface area contributed by atoms with Gasteiger partial charge < -0.3 is 10.4 Å². The largest absolute Gasteiger partial charge is 0.393 e. The minimum atomic E-state index is -0.377. The van der Waals surface area contributed by atoms with Crippen molar-refractivity contribution < 1.29 is 9.90 Å². The summed E-state index contributed by atoms with van der Waals surface area (Å²) in [7, 11) is 0. The Balaban J connectivity index is 2.10. The number of rotatable bonds is 8. The van der Waals surface area contributed by atoms with Gasteiger partial charge in [-0.05, 0) is 27.2 Å². The molecule has 0 radical (unpaired) electrons. The van der Waals surface area contributed by atoms with Crippen LogP contribution in [0.15, 0.2) is 5.38 Å². The SMILES string of the molecule is Cc1nc(CSCCC(=O)NC(C)CC(C)O)cs1. The molecule has 0 bridgehead atoms. The minimum Gasteiger partial charge on any atom is -0.393 e. The van der Waals surface area contributed by atoms with Crippen LogP contribution in [-0.2, 0) is 10.5 Å². The number of thioether (sulfide) groups is 1. The first-order valence-corrected chi connectivity index (χ1v) is 8.47. The highest BCUT2D eigenvalue weighted by Gasteiger charge is 2.09. The van der Waals surface area contributed by atoms with Crippen molar-refractivity contribution in [2.24, 2.45) is 0 Å². The number of nitrogens with one attached hydrogen (secondary N) is 1. The molecule has 4 nitrogen and oxygen atoms in total. The number of amides is 1. The molecule has 0 saturated carbocycles. The first-order valence-electron chi connectivity index (χ1n) is 6.43. The summed E-state index contributed by atoms with van der Waals surface area (Å²) in [4.78, 5) is 16.0. The molecule has 1 aromatic rings. The van der Waals surface area contributed by atoms with Gasteiger partial charge in [-0.2, -0.15) is 11.8 Å². The number of aromatic nitrogens is 1. The Morgan fingerprint density at radius 3 is 2.89 bits per heavy atom. The Morgan fingerprint density at radius 2 is 2.32 bits per heavy atom. The third kappa shape index (κ3) is 7.54. The zero-order chi connectivity index (χ0) is 14.3. The van der Waals surface area contributed by atoms with Gasteiger partial charge in [0.2, 0.25) is 5.91 Å². The summed E-state index contributed by atoms with van der Waals surface area (Å²) in [6.45, 7) is 5.64. The van der Waals surface area contributed by atoms with Crippen LogP contribution in [0.4, 0.5) is 0 Å². The number of hydrogen-bond acceptors (Lipinski definition) is 5. The fourth-order valence-corrected chi connectivity index (χ4v) is 3.28. The van der Waals surface area contributed by atoms with E-state index in [2.05, 4.69) is 15.7 Å². The highest BCUT2D eigenvalue weighted by atomic mass is 32.2. The van der Waals surface area contributed by atoms with Gasteiger partial charge in [0.25, 0.3) is 0 Å². The Morgan fingerprint density at radius 1 is 1.58 bits per heavy atom. The Bertz CT molecular complexity index is 394. The van der Waals surface area contributed by atoms with Crippen LogP contribution in [0, 0.1) is 6.92 Å². The maximum Gasteiger partial charge on any atom is 0.221 e. The predicted molar refractivity (Wildman–Crippen MR) is 81.5 cm³/mol.